The summed E-state index contributed by atoms with van der Waals surface area (Å²) >= 11 is 5.83. The Morgan fingerprint density at radius 3 is 2.89 bits per heavy atom. The minimum Gasteiger partial charge on any atom is -0.484 e. The van der Waals surface area contributed by atoms with Gasteiger partial charge in [0, 0.05) is 19.2 Å². The summed E-state index contributed by atoms with van der Waals surface area (Å²) < 4.78 is 10.2. The molecule has 1 rings (SSSR count). The number of nitrogens with one attached hydrogen (secondary N) is 1. The zero-order chi connectivity index (χ0) is 13.5. The van der Waals surface area contributed by atoms with Gasteiger partial charge in [-0.05, 0) is 19.1 Å². The normalized spacial score (nSPS) is 11.9. The number of hydrogen-bond donors (Lipinski definition) is 2. The molecule has 0 saturated carbocycles. The lowest BCUT2D eigenvalue weighted by Gasteiger charge is -2.13. The number of benzene rings is 1. The maximum absolute atomic E-state index is 11.5. The highest BCUT2D eigenvalue weighted by molar-refractivity contribution is 6.33. The maximum atomic E-state index is 11.5. The molecule has 0 spiro atoms. The number of nitrogens with two attached hydrogens (primary N) is 1. The first-order chi connectivity index (χ1) is 8.52. The molecular weight excluding hydrogens is 256 g/mol. The third-order valence-corrected chi connectivity index (χ3v) is 2.49. The van der Waals surface area contributed by atoms with E-state index in [1.165, 1.54) is 0 Å². The van der Waals surface area contributed by atoms with Crippen LogP contribution >= 0.6 is 11.6 Å². The lowest BCUT2D eigenvalue weighted by Crippen LogP contribution is -2.38. The van der Waals surface area contributed by atoms with Crippen LogP contribution in [0.2, 0.25) is 5.02 Å². The number of halogens is 1. The molecule has 1 aromatic carbocycles. The van der Waals surface area contributed by atoms with E-state index in [4.69, 9.17) is 26.8 Å². The molecule has 0 saturated heterocycles. The molecule has 100 valence electrons. The van der Waals surface area contributed by atoms with Gasteiger partial charge in [-0.15, -0.1) is 0 Å². The van der Waals surface area contributed by atoms with Crippen molar-refractivity contribution in [1.82, 2.24) is 5.32 Å². The zero-order valence-electron chi connectivity index (χ0n) is 10.4. The molecule has 3 N–H and O–H groups in total. The lowest BCUT2D eigenvalue weighted by atomic mass is 10.3. The van der Waals surface area contributed by atoms with Crippen LogP contribution in [0.25, 0.3) is 0 Å². The van der Waals surface area contributed by atoms with E-state index >= 15 is 0 Å². The number of carbonyl (C=O) groups excluding carboxylic acids is 1. The molecule has 1 aromatic rings. The lowest BCUT2D eigenvalue weighted by molar-refractivity contribution is -0.124. The summed E-state index contributed by atoms with van der Waals surface area (Å²) in [6.07, 6.45) is 0. The molecule has 0 aliphatic carbocycles. The van der Waals surface area contributed by atoms with Gasteiger partial charge >= 0.3 is 0 Å². The van der Waals surface area contributed by atoms with Crippen molar-refractivity contribution in [1.29, 1.82) is 0 Å². The second-order valence-corrected chi connectivity index (χ2v) is 4.30. The molecule has 0 fully saturated rings. The minimum absolute atomic E-state index is 0.0545. The van der Waals surface area contributed by atoms with Gasteiger partial charge in [0.1, 0.15) is 5.75 Å². The molecule has 18 heavy (non-hydrogen) atoms. The van der Waals surface area contributed by atoms with Crippen LogP contribution in [-0.4, -0.2) is 32.3 Å². The van der Waals surface area contributed by atoms with E-state index in [9.17, 15) is 4.79 Å². The summed E-state index contributed by atoms with van der Waals surface area (Å²) in [5.74, 6) is 0.288. The van der Waals surface area contributed by atoms with Gasteiger partial charge < -0.3 is 20.5 Å². The van der Waals surface area contributed by atoms with Crippen LogP contribution in [0.1, 0.15) is 6.92 Å². The number of amides is 1. The predicted molar refractivity (Wildman–Crippen MR) is 70.8 cm³/mol. The molecule has 0 aliphatic heterocycles. The Kier molecular flexibility index (Phi) is 5.74. The van der Waals surface area contributed by atoms with Crippen molar-refractivity contribution in [2.24, 2.45) is 0 Å². The van der Waals surface area contributed by atoms with Crippen molar-refractivity contribution in [3.8, 4) is 5.75 Å². The standard InChI is InChI=1S/C12H17ClN2O3/c1-8(6-17-2)15-12(16)7-18-9-3-4-11(14)10(13)5-9/h3-5,8H,6-7,14H2,1-2H3,(H,15,16). The first kappa shape index (κ1) is 14.6. The molecular formula is C12H17ClN2O3. The van der Waals surface area contributed by atoms with E-state index in [1.807, 2.05) is 6.92 Å². The number of carbonyl (C=O) groups is 1. The molecule has 0 heterocycles. The SMILES string of the molecule is COCC(C)NC(=O)COc1ccc(N)c(Cl)c1. The molecule has 5 nitrogen and oxygen atoms in total. The van der Waals surface area contributed by atoms with Gasteiger partial charge in [0.15, 0.2) is 6.61 Å². The third-order valence-electron chi connectivity index (χ3n) is 2.17. The van der Waals surface area contributed by atoms with E-state index in [0.717, 1.165) is 0 Å². The van der Waals surface area contributed by atoms with Crippen molar-refractivity contribution in [2.45, 2.75) is 13.0 Å². The fraction of sp³-hybridized carbons (Fsp3) is 0.417. The van der Waals surface area contributed by atoms with Crippen LogP contribution < -0.4 is 15.8 Å². The molecule has 1 amide bonds. The summed E-state index contributed by atoms with van der Waals surface area (Å²) in [6, 6.07) is 4.81. The first-order valence-electron chi connectivity index (χ1n) is 5.49. The van der Waals surface area contributed by atoms with Crippen LogP contribution in [0.4, 0.5) is 5.69 Å². The number of anilines is 1. The Balaban J connectivity index is 2.40. The van der Waals surface area contributed by atoms with Crippen molar-refractivity contribution in [2.75, 3.05) is 26.1 Å². The van der Waals surface area contributed by atoms with Crippen LogP contribution in [0.3, 0.4) is 0 Å². The molecule has 6 heteroatoms. The van der Waals surface area contributed by atoms with Crippen molar-refractivity contribution in [3.63, 3.8) is 0 Å². The van der Waals surface area contributed by atoms with Gasteiger partial charge in [-0.2, -0.15) is 0 Å². The average molecular weight is 273 g/mol. The Bertz CT molecular complexity index is 412. The average Bonchev–Trinajstić information content (AvgIpc) is 2.31. The number of hydrogen-bond acceptors (Lipinski definition) is 4. The van der Waals surface area contributed by atoms with E-state index in [1.54, 1.807) is 25.3 Å². The summed E-state index contributed by atoms with van der Waals surface area (Å²) in [5.41, 5.74) is 6.04. The van der Waals surface area contributed by atoms with Crippen LogP contribution in [0.5, 0.6) is 5.75 Å². The van der Waals surface area contributed by atoms with Gasteiger partial charge in [-0.25, -0.2) is 0 Å². The Morgan fingerprint density at radius 2 is 2.28 bits per heavy atom. The zero-order valence-corrected chi connectivity index (χ0v) is 11.2. The number of methoxy groups -OCH3 is 1. The highest BCUT2D eigenvalue weighted by atomic mass is 35.5. The second-order valence-electron chi connectivity index (χ2n) is 3.90. The van der Waals surface area contributed by atoms with Gasteiger partial charge in [0.25, 0.3) is 5.91 Å². The summed E-state index contributed by atoms with van der Waals surface area (Å²) in [7, 11) is 1.58. The predicted octanol–water partition coefficient (Wildman–Crippen LogP) is 1.45. The highest BCUT2D eigenvalue weighted by Crippen LogP contribution is 2.23. The van der Waals surface area contributed by atoms with Crippen LogP contribution in [0.15, 0.2) is 18.2 Å². The van der Waals surface area contributed by atoms with Crippen molar-refractivity contribution >= 4 is 23.2 Å². The van der Waals surface area contributed by atoms with E-state index in [-0.39, 0.29) is 18.6 Å². The van der Waals surface area contributed by atoms with Crippen LogP contribution in [-0.2, 0) is 9.53 Å². The molecule has 0 radical (unpaired) electrons. The maximum Gasteiger partial charge on any atom is 0.258 e. The summed E-state index contributed by atoms with van der Waals surface area (Å²) in [5, 5.41) is 3.13. The molecule has 1 atom stereocenters. The van der Waals surface area contributed by atoms with Gasteiger partial charge in [0.2, 0.25) is 0 Å². The van der Waals surface area contributed by atoms with E-state index < -0.39 is 0 Å². The number of nitrogen functional groups attached to an aromatic ring is 1. The Morgan fingerprint density at radius 1 is 1.56 bits per heavy atom. The number of ether oxygens (including phenoxy) is 2. The smallest absolute Gasteiger partial charge is 0.258 e. The Labute approximate surface area is 111 Å². The van der Waals surface area contributed by atoms with Crippen molar-refractivity contribution < 1.29 is 14.3 Å². The molecule has 0 aromatic heterocycles. The summed E-state index contributed by atoms with van der Waals surface area (Å²) in [4.78, 5) is 11.5. The van der Waals surface area contributed by atoms with Gasteiger partial charge in [-0.1, -0.05) is 11.6 Å². The quantitative estimate of drug-likeness (QED) is 0.769. The molecule has 1 unspecified atom stereocenters. The van der Waals surface area contributed by atoms with Gasteiger partial charge in [-0.3, -0.25) is 4.79 Å². The second kappa shape index (κ2) is 7.08. The van der Waals surface area contributed by atoms with E-state index in [0.29, 0.717) is 23.1 Å². The molecule has 0 bridgehead atoms. The third kappa shape index (κ3) is 4.81. The first-order valence-corrected chi connectivity index (χ1v) is 5.87. The fourth-order valence-electron chi connectivity index (χ4n) is 1.35. The van der Waals surface area contributed by atoms with E-state index in [2.05, 4.69) is 5.32 Å². The largest absolute Gasteiger partial charge is 0.484 e. The van der Waals surface area contributed by atoms with Crippen LogP contribution in [0, 0.1) is 0 Å². The summed E-state index contributed by atoms with van der Waals surface area (Å²) in [6.45, 7) is 2.23. The number of rotatable bonds is 6. The topological polar surface area (TPSA) is 73.6 Å². The van der Waals surface area contributed by atoms with Crippen molar-refractivity contribution in [3.05, 3.63) is 23.2 Å². The monoisotopic (exact) mass is 272 g/mol. The Hall–Kier alpha value is -1.46. The highest BCUT2D eigenvalue weighted by Gasteiger charge is 2.08. The van der Waals surface area contributed by atoms with Gasteiger partial charge in [0.05, 0.1) is 17.3 Å². The minimum atomic E-state index is -0.215. The fourth-order valence-corrected chi connectivity index (χ4v) is 1.53. The molecule has 0 aliphatic rings.